The SMILES string of the molecule is CCCC(CCC)(C(=O)OC)[C@@]1(CCl)O[C@@H](n2cc(F)c(N)nc2=O)C[C@@H]1O. The number of ether oxygens (including phenoxy) is 2. The summed E-state index contributed by atoms with van der Waals surface area (Å²) in [4.78, 5) is 28.5. The number of carbonyl (C=O) groups excluding carboxylic acids is 1. The number of alkyl halides is 1. The van der Waals surface area contributed by atoms with Gasteiger partial charge in [0, 0.05) is 6.42 Å². The fourth-order valence-electron chi connectivity index (χ4n) is 4.24. The number of hydrogen-bond donors (Lipinski definition) is 2. The van der Waals surface area contributed by atoms with E-state index in [1.807, 2.05) is 13.8 Å². The molecule has 1 fully saturated rings. The van der Waals surface area contributed by atoms with Crippen LogP contribution >= 0.6 is 11.6 Å². The second-order valence-electron chi connectivity index (χ2n) is 7.08. The molecule has 0 saturated carbocycles. The predicted octanol–water partition coefficient (Wildman–Crippen LogP) is 1.98. The number of anilines is 1. The lowest BCUT2D eigenvalue weighted by atomic mass is 9.64. The van der Waals surface area contributed by atoms with Gasteiger partial charge in [0.05, 0.1) is 25.3 Å². The van der Waals surface area contributed by atoms with Gasteiger partial charge in [-0.05, 0) is 12.8 Å². The molecular weight excluding hydrogens is 393 g/mol. The molecule has 0 bridgehead atoms. The summed E-state index contributed by atoms with van der Waals surface area (Å²) in [5, 5.41) is 10.9. The zero-order chi connectivity index (χ0) is 21.1. The lowest BCUT2D eigenvalue weighted by Gasteiger charge is -2.46. The number of methoxy groups -OCH3 is 1. The van der Waals surface area contributed by atoms with Gasteiger partial charge in [-0.3, -0.25) is 9.36 Å². The summed E-state index contributed by atoms with van der Waals surface area (Å²) in [5.74, 6) is -2.16. The first-order valence-electron chi connectivity index (χ1n) is 9.27. The van der Waals surface area contributed by atoms with Gasteiger partial charge in [0.2, 0.25) is 0 Å². The van der Waals surface area contributed by atoms with Crippen molar-refractivity contribution in [2.45, 2.75) is 63.9 Å². The van der Waals surface area contributed by atoms with Gasteiger partial charge in [-0.1, -0.05) is 26.7 Å². The van der Waals surface area contributed by atoms with E-state index in [4.69, 9.17) is 26.8 Å². The smallest absolute Gasteiger partial charge is 0.351 e. The molecule has 8 nitrogen and oxygen atoms in total. The minimum absolute atomic E-state index is 0.0656. The lowest BCUT2D eigenvalue weighted by Crippen LogP contribution is -2.60. The number of nitrogens with zero attached hydrogens (tertiary/aromatic N) is 2. The zero-order valence-electron chi connectivity index (χ0n) is 16.3. The third-order valence-corrected chi connectivity index (χ3v) is 5.89. The molecule has 0 amide bonds. The Balaban J connectivity index is 2.58. The molecule has 0 aromatic carbocycles. The fourth-order valence-corrected chi connectivity index (χ4v) is 4.74. The number of aliphatic hydroxyl groups is 1. The molecule has 28 heavy (non-hydrogen) atoms. The molecule has 2 heterocycles. The number of carbonyl (C=O) groups is 1. The summed E-state index contributed by atoms with van der Waals surface area (Å²) in [5.41, 5.74) is 1.78. The Labute approximate surface area is 167 Å². The van der Waals surface area contributed by atoms with E-state index >= 15 is 0 Å². The summed E-state index contributed by atoms with van der Waals surface area (Å²) in [7, 11) is 1.27. The van der Waals surface area contributed by atoms with Gasteiger partial charge < -0.3 is 20.3 Å². The molecule has 1 aliphatic heterocycles. The van der Waals surface area contributed by atoms with Crippen LogP contribution in [0.1, 0.15) is 52.2 Å². The molecule has 0 unspecified atom stereocenters. The molecule has 0 spiro atoms. The summed E-state index contributed by atoms with van der Waals surface area (Å²) < 4.78 is 26.0. The second-order valence-corrected chi connectivity index (χ2v) is 7.35. The monoisotopic (exact) mass is 419 g/mol. The van der Waals surface area contributed by atoms with Crippen LogP contribution in [0.15, 0.2) is 11.0 Å². The van der Waals surface area contributed by atoms with Gasteiger partial charge in [-0.25, -0.2) is 9.18 Å². The topological polar surface area (TPSA) is 117 Å². The van der Waals surface area contributed by atoms with Crippen LogP contribution in [-0.2, 0) is 14.3 Å². The van der Waals surface area contributed by atoms with Gasteiger partial charge in [-0.2, -0.15) is 4.98 Å². The molecule has 1 aromatic rings. The van der Waals surface area contributed by atoms with Crippen LogP contribution in [0.5, 0.6) is 0 Å². The molecule has 158 valence electrons. The quantitative estimate of drug-likeness (QED) is 0.488. The average molecular weight is 420 g/mol. The van der Waals surface area contributed by atoms with E-state index in [1.54, 1.807) is 0 Å². The van der Waals surface area contributed by atoms with E-state index in [0.717, 1.165) is 10.8 Å². The molecule has 1 aromatic heterocycles. The number of aliphatic hydroxyl groups excluding tert-OH is 1. The van der Waals surface area contributed by atoms with Gasteiger partial charge in [-0.15, -0.1) is 11.6 Å². The lowest BCUT2D eigenvalue weighted by molar-refractivity contribution is -0.198. The average Bonchev–Trinajstić information content (AvgIpc) is 3.01. The molecule has 0 aliphatic carbocycles. The number of hydrogen-bond acceptors (Lipinski definition) is 7. The van der Waals surface area contributed by atoms with Crippen LogP contribution in [0.2, 0.25) is 0 Å². The fraction of sp³-hybridized carbons (Fsp3) is 0.722. The van der Waals surface area contributed by atoms with E-state index in [2.05, 4.69) is 4.98 Å². The van der Waals surface area contributed by atoms with Crippen molar-refractivity contribution in [3.63, 3.8) is 0 Å². The molecule has 1 aliphatic rings. The standard InChI is InChI=1S/C18H27ClFN3O5/c1-4-6-17(7-5-2,15(25)27-3)18(10-19)12(24)8-13(28-18)23-9-11(20)14(21)22-16(23)26/h9,12-13,24H,4-8,10H2,1-3H3,(H2,21,22,26)/t12-,13+,18-/m0/s1. The van der Waals surface area contributed by atoms with Crippen LogP contribution in [0, 0.1) is 11.2 Å². The molecule has 3 N–H and O–H groups in total. The van der Waals surface area contributed by atoms with Crippen LogP contribution < -0.4 is 11.4 Å². The number of halogens is 2. The third kappa shape index (κ3) is 3.51. The second kappa shape index (κ2) is 8.75. The van der Waals surface area contributed by atoms with Gasteiger partial charge in [0.15, 0.2) is 11.6 Å². The number of esters is 1. The van der Waals surface area contributed by atoms with Crippen molar-refractivity contribution in [1.82, 2.24) is 9.55 Å². The molecule has 0 radical (unpaired) electrons. The van der Waals surface area contributed by atoms with Gasteiger partial charge >= 0.3 is 11.7 Å². The normalized spacial score (nSPS) is 25.1. The highest BCUT2D eigenvalue weighted by Crippen LogP contribution is 2.53. The van der Waals surface area contributed by atoms with Crippen molar-refractivity contribution in [2.24, 2.45) is 5.41 Å². The molecule has 1 saturated heterocycles. The first-order valence-corrected chi connectivity index (χ1v) is 9.80. The van der Waals surface area contributed by atoms with Gasteiger partial charge in [0.1, 0.15) is 17.2 Å². The van der Waals surface area contributed by atoms with E-state index in [0.29, 0.717) is 25.7 Å². The third-order valence-electron chi connectivity index (χ3n) is 5.49. The predicted molar refractivity (Wildman–Crippen MR) is 101 cm³/mol. The number of nitrogen functional groups attached to an aromatic ring is 1. The van der Waals surface area contributed by atoms with Crippen molar-refractivity contribution < 1.29 is 23.8 Å². The van der Waals surface area contributed by atoms with Gasteiger partial charge in [0.25, 0.3) is 0 Å². The highest BCUT2D eigenvalue weighted by Gasteiger charge is 2.64. The Morgan fingerprint density at radius 1 is 1.54 bits per heavy atom. The van der Waals surface area contributed by atoms with E-state index < -0.39 is 46.6 Å². The summed E-state index contributed by atoms with van der Waals surface area (Å²) in [6.45, 7) is 3.80. The molecule has 10 heteroatoms. The highest BCUT2D eigenvalue weighted by molar-refractivity contribution is 6.19. The van der Waals surface area contributed by atoms with Crippen LogP contribution in [0.4, 0.5) is 10.2 Å². The molecule has 3 atom stereocenters. The first kappa shape index (κ1) is 22.6. The summed E-state index contributed by atoms with van der Waals surface area (Å²) >= 11 is 6.28. The maximum absolute atomic E-state index is 13.9. The number of nitrogens with two attached hydrogens (primary N) is 1. The highest BCUT2D eigenvalue weighted by atomic mass is 35.5. The summed E-state index contributed by atoms with van der Waals surface area (Å²) in [6.07, 6.45) is 0.552. The first-order chi connectivity index (χ1) is 13.2. The van der Waals surface area contributed by atoms with Crippen LogP contribution in [0.25, 0.3) is 0 Å². The Bertz CT molecular complexity index is 768. The van der Waals surface area contributed by atoms with E-state index in [1.165, 1.54) is 7.11 Å². The maximum Gasteiger partial charge on any atom is 0.351 e. The largest absolute Gasteiger partial charge is 0.469 e. The minimum Gasteiger partial charge on any atom is -0.469 e. The van der Waals surface area contributed by atoms with Crippen molar-refractivity contribution in [3.05, 3.63) is 22.5 Å². The van der Waals surface area contributed by atoms with Crippen LogP contribution in [-0.4, -0.2) is 45.3 Å². The summed E-state index contributed by atoms with van der Waals surface area (Å²) in [6, 6.07) is 0. The molecule has 2 rings (SSSR count). The maximum atomic E-state index is 13.9. The van der Waals surface area contributed by atoms with E-state index in [-0.39, 0.29) is 12.3 Å². The Hall–Kier alpha value is -1.71. The van der Waals surface area contributed by atoms with Crippen molar-refractivity contribution in [2.75, 3.05) is 18.7 Å². The van der Waals surface area contributed by atoms with Crippen molar-refractivity contribution >= 4 is 23.4 Å². The van der Waals surface area contributed by atoms with Crippen molar-refractivity contribution in [1.29, 1.82) is 0 Å². The van der Waals surface area contributed by atoms with Crippen LogP contribution in [0.3, 0.4) is 0 Å². The Kier molecular flexibility index (Phi) is 7.06. The van der Waals surface area contributed by atoms with E-state index in [9.17, 15) is 19.1 Å². The minimum atomic E-state index is -1.50. The zero-order valence-corrected chi connectivity index (χ0v) is 17.0. The molecular formula is C18H27ClFN3O5. The number of aromatic nitrogens is 2. The Morgan fingerprint density at radius 2 is 2.14 bits per heavy atom. The Morgan fingerprint density at radius 3 is 2.64 bits per heavy atom. The van der Waals surface area contributed by atoms with Crippen molar-refractivity contribution in [3.8, 4) is 0 Å². The number of rotatable bonds is 8.